The second-order valence-corrected chi connectivity index (χ2v) is 7.14. The van der Waals surface area contributed by atoms with Gasteiger partial charge in [-0.3, -0.25) is 9.89 Å². The van der Waals surface area contributed by atoms with Crippen molar-refractivity contribution in [2.75, 3.05) is 11.1 Å². The van der Waals surface area contributed by atoms with Crippen molar-refractivity contribution in [2.24, 2.45) is 0 Å². The molecule has 1 aromatic carbocycles. The molecule has 0 aliphatic heterocycles. The molecule has 0 saturated heterocycles. The van der Waals surface area contributed by atoms with Crippen molar-refractivity contribution in [3.05, 3.63) is 45.8 Å². The Hall–Kier alpha value is -1.54. The average Bonchev–Trinajstić information content (AvgIpc) is 3.19. The number of aromatic amines is 1. The van der Waals surface area contributed by atoms with Crippen LogP contribution < -0.4 is 5.32 Å². The second kappa shape index (κ2) is 7.35. The van der Waals surface area contributed by atoms with E-state index < -0.39 is 0 Å². The highest BCUT2D eigenvalue weighted by atomic mass is 35.5. The Morgan fingerprint density at radius 2 is 2.22 bits per heavy atom. The first-order valence-electron chi connectivity index (χ1n) is 6.46. The zero-order chi connectivity index (χ0) is 16.2. The predicted molar refractivity (Wildman–Crippen MR) is 95.5 cm³/mol. The van der Waals surface area contributed by atoms with Crippen LogP contribution in [0, 0.1) is 0 Å². The number of carbonyl (C=O) groups is 1. The van der Waals surface area contributed by atoms with Crippen molar-refractivity contribution < 1.29 is 4.79 Å². The molecular weight excluding hydrogens is 375 g/mol. The first-order chi connectivity index (χ1) is 11.1. The van der Waals surface area contributed by atoms with Gasteiger partial charge in [0.05, 0.1) is 21.3 Å². The van der Waals surface area contributed by atoms with Crippen LogP contribution in [0.5, 0.6) is 0 Å². The Balaban J connectivity index is 1.58. The Morgan fingerprint density at radius 1 is 1.35 bits per heavy atom. The number of hydrogen-bond donors (Lipinski definition) is 2. The standard InChI is InChI=1S/C14H10Cl2N4OS2/c15-8-3-4-9(16)10(6-8)17-12(21)7-23-14-18-13(19-20-14)11-2-1-5-22-11/h1-6H,7H2,(H,17,21)(H,18,19,20). The molecule has 2 N–H and O–H groups in total. The third kappa shape index (κ3) is 4.26. The first-order valence-corrected chi connectivity index (χ1v) is 9.08. The van der Waals surface area contributed by atoms with E-state index in [0.717, 1.165) is 4.88 Å². The normalized spacial score (nSPS) is 10.7. The molecule has 9 heteroatoms. The molecule has 0 aliphatic carbocycles. The molecule has 0 unspecified atom stereocenters. The molecule has 0 bridgehead atoms. The minimum atomic E-state index is -0.207. The zero-order valence-electron chi connectivity index (χ0n) is 11.5. The smallest absolute Gasteiger partial charge is 0.234 e. The third-order valence-electron chi connectivity index (χ3n) is 2.75. The molecule has 0 radical (unpaired) electrons. The summed E-state index contributed by atoms with van der Waals surface area (Å²) in [6.07, 6.45) is 0. The Kier molecular flexibility index (Phi) is 5.22. The topological polar surface area (TPSA) is 70.7 Å². The fourth-order valence-corrected chi connectivity index (χ4v) is 3.34. The Labute approximate surface area is 150 Å². The number of halogens is 2. The van der Waals surface area contributed by atoms with E-state index in [-0.39, 0.29) is 11.7 Å². The third-order valence-corrected chi connectivity index (χ3v) is 5.04. The molecule has 3 aromatic rings. The van der Waals surface area contributed by atoms with Crippen LogP contribution in [0.4, 0.5) is 5.69 Å². The fraction of sp³-hybridized carbons (Fsp3) is 0.0714. The summed E-state index contributed by atoms with van der Waals surface area (Å²) in [5.74, 6) is 0.660. The molecule has 5 nitrogen and oxygen atoms in total. The van der Waals surface area contributed by atoms with Gasteiger partial charge in [-0.1, -0.05) is 41.0 Å². The Morgan fingerprint density at radius 3 is 3.00 bits per heavy atom. The highest BCUT2D eigenvalue weighted by Gasteiger charge is 2.11. The van der Waals surface area contributed by atoms with Gasteiger partial charge in [0.2, 0.25) is 11.1 Å². The van der Waals surface area contributed by atoms with Crippen molar-refractivity contribution >= 4 is 57.9 Å². The molecule has 0 fully saturated rings. The number of anilines is 1. The quantitative estimate of drug-likeness (QED) is 0.631. The van der Waals surface area contributed by atoms with E-state index in [1.54, 1.807) is 29.5 Å². The van der Waals surface area contributed by atoms with Gasteiger partial charge in [-0.25, -0.2) is 4.98 Å². The van der Waals surface area contributed by atoms with Gasteiger partial charge < -0.3 is 5.32 Å². The van der Waals surface area contributed by atoms with Gasteiger partial charge in [0.25, 0.3) is 0 Å². The van der Waals surface area contributed by atoms with Crippen LogP contribution in [0.25, 0.3) is 10.7 Å². The monoisotopic (exact) mass is 384 g/mol. The van der Waals surface area contributed by atoms with E-state index in [1.807, 2.05) is 17.5 Å². The number of rotatable bonds is 5. The molecule has 23 heavy (non-hydrogen) atoms. The summed E-state index contributed by atoms with van der Waals surface area (Å²) in [5, 5.41) is 13.1. The van der Waals surface area contributed by atoms with E-state index >= 15 is 0 Å². The highest BCUT2D eigenvalue weighted by molar-refractivity contribution is 7.99. The number of H-pyrrole nitrogens is 1. The van der Waals surface area contributed by atoms with Crippen LogP contribution in [0.2, 0.25) is 10.0 Å². The lowest BCUT2D eigenvalue weighted by molar-refractivity contribution is -0.113. The van der Waals surface area contributed by atoms with Gasteiger partial charge in [0, 0.05) is 5.02 Å². The largest absolute Gasteiger partial charge is 0.324 e. The van der Waals surface area contributed by atoms with Crippen LogP contribution in [0.3, 0.4) is 0 Å². The number of thiophene rings is 1. The van der Waals surface area contributed by atoms with E-state index in [0.29, 0.717) is 26.7 Å². The minimum absolute atomic E-state index is 0.171. The molecule has 118 valence electrons. The maximum absolute atomic E-state index is 12.0. The van der Waals surface area contributed by atoms with E-state index in [2.05, 4.69) is 20.5 Å². The molecule has 3 rings (SSSR count). The van der Waals surface area contributed by atoms with Gasteiger partial charge in [-0.2, -0.15) is 0 Å². The summed E-state index contributed by atoms with van der Waals surface area (Å²) in [6.45, 7) is 0. The van der Waals surface area contributed by atoms with Crippen molar-refractivity contribution in [3.8, 4) is 10.7 Å². The highest BCUT2D eigenvalue weighted by Crippen LogP contribution is 2.26. The number of amides is 1. The number of nitrogens with one attached hydrogen (secondary N) is 2. The number of benzene rings is 1. The van der Waals surface area contributed by atoms with Gasteiger partial charge in [0.1, 0.15) is 0 Å². The van der Waals surface area contributed by atoms with E-state index in [4.69, 9.17) is 23.2 Å². The molecule has 2 aromatic heterocycles. The molecule has 1 amide bonds. The average molecular weight is 385 g/mol. The number of carbonyl (C=O) groups excluding carboxylic acids is 1. The van der Waals surface area contributed by atoms with Crippen molar-refractivity contribution in [1.82, 2.24) is 15.2 Å². The molecule has 0 aliphatic rings. The molecule has 0 saturated carbocycles. The predicted octanol–water partition coefficient (Wildman–Crippen LogP) is 4.57. The summed E-state index contributed by atoms with van der Waals surface area (Å²) in [5.41, 5.74) is 0.485. The molecule has 2 heterocycles. The molecular formula is C14H10Cl2N4OS2. The van der Waals surface area contributed by atoms with E-state index in [1.165, 1.54) is 11.8 Å². The molecule has 0 spiro atoms. The summed E-state index contributed by atoms with van der Waals surface area (Å²) in [4.78, 5) is 17.3. The lowest BCUT2D eigenvalue weighted by Crippen LogP contribution is -2.14. The fourth-order valence-electron chi connectivity index (χ4n) is 1.74. The van der Waals surface area contributed by atoms with Crippen LogP contribution in [0.15, 0.2) is 40.9 Å². The maximum Gasteiger partial charge on any atom is 0.234 e. The lowest BCUT2D eigenvalue weighted by Gasteiger charge is -2.06. The van der Waals surface area contributed by atoms with Crippen LogP contribution in [0.1, 0.15) is 0 Å². The number of thioether (sulfide) groups is 1. The maximum atomic E-state index is 12.0. The number of hydrogen-bond acceptors (Lipinski definition) is 5. The zero-order valence-corrected chi connectivity index (χ0v) is 14.7. The SMILES string of the molecule is O=C(CSc1n[nH]c(-c2cccs2)n1)Nc1cc(Cl)ccc1Cl. The minimum Gasteiger partial charge on any atom is -0.324 e. The number of nitrogens with zero attached hydrogens (tertiary/aromatic N) is 2. The summed E-state index contributed by atoms with van der Waals surface area (Å²) >= 11 is 14.7. The van der Waals surface area contributed by atoms with Gasteiger partial charge in [-0.05, 0) is 29.6 Å². The second-order valence-electron chi connectivity index (χ2n) is 4.40. The Bertz CT molecular complexity index is 820. The van der Waals surface area contributed by atoms with Crippen molar-refractivity contribution in [2.45, 2.75) is 5.16 Å². The first kappa shape index (κ1) is 16.3. The van der Waals surface area contributed by atoms with Gasteiger partial charge in [0.15, 0.2) is 5.82 Å². The summed E-state index contributed by atoms with van der Waals surface area (Å²) in [7, 11) is 0. The van der Waals surface area contributed by atoms with Gasteiger partial charge >= 0.3 is 0 Å². The van der Waals surface area contributed by atoms with Crippen LogP contribution >= 0.6 is 46.3 Å². The van der Waals surface area contributed by atoms with Crippen LogP contribution in [-0.2, 0) is 4.79 Å². The van der Waals surface area contributed by atoms with Crippen molar-refractivity contribution in [3.63, 3.8) is 0 Å². The molecule has 0 atom stereocenters. The lowest BCUT2D eigenvalue weighted by atomic mass is 10.3. The van der Waals surface area contributed by atoms with Gasteiger partial charge in [-0.15, -0.1) is 16.4 Å². The number of aromatic nitrogens is 3. The van der Waals surface area contributed by atoms with Crippen molar-refractivity contribution in [1.29, 1.82) is 0 Å². The summed E-state index contributed by atoms with van der Waals surface area (Å²) in [6, 6.07) is 8.79. The summed E-state index contributed by atoms with van der Waals surface area (Å²) < 4.78 is 0. The van der Waals surface area contributed by atoms with E-state index in [9.17, 15) is 4.79 Å². The van der Waals surface area contributed by atoms with Crippen LogP contribution in [-0.4, -0.2) is 26.8 Å².